The average Bonchev–Trinajstić information content (AvgIpc) is 3.51. The molecule has 0 bridgehead atoms. The maximum absolute atomic E-state index is 15.3. The van der Waals surface area contributed by atoms with Crippen molar-refractivity contribution in [3.63, 3.8) is 0 Å². The van der Waals surface area contributed by atoms with Gasteiger partial charge in [0.05, 0.1) is 24.2 Å². The van der Waals surface area contributed by atoms with Gasteiger partial charge in [0.25, 0.3) is 0 Å². The van der Waals surface area contributed by atoms with E-state index in [2.05, 4.69) is 57.9 Å². The Bertz CT molecular complexity index is 1330. The highest BCUT2D eigenvalue weighted by atomic mass is 19.1. The number of H-pyrrole nitrogens is 1. The third kappa shape index (κ3) is 4.29. The molecule has 4 aromatic heterocycles. The fraction of sp³-hybridized carbons (Fsp3) is 0.462. The van der Waals surface area contributed by atoms with Crippen LogP contribution in [0.2, 0.25) is 0 Å². The zero-order valence-corrected chi connectivity index (χ0v) is 20.9. The second kappa shape index (κ2) is 9.37. The summed E-state index contributed by atoms with van der Waals surface area (Å²) < 4.78 is 22.5. The van der Waals surface area contributed by atoms with Crippen molar-refractivity contribution in [1.29, 1.82) is 0 Å². The molecule has 0 amide bonds. The van der Waals surface area contributed by atoms with Crippen LogP contribution < -0.4 is 4.74 Å². The Morgan fingerprint density at radius 2 is 1.91 bits per heavy atom. The zero-order chi connectivity index (χ0) is 24.7. The number of pyridine rings is 2. The Hall–Kier alpha value is -3.33. The Labute approximate surface area is 204 Å². The van der Waals surface area contributed by atoms with Crippen molar-refractivity contribution < 1.29 is 9.13 Å². The van der Waals surface area contributed by atoms with Gasteiger partial charge in [-0.1, -0.05) is 19.9 Å². The summed E-state index contributed by atoms with van der Waals surface area (Å²) in [5.74, 6) is 0.551. The summed E-state index contributed by atoms with van der Waals surface area (Å²) in [6, 6.07) is 6.24. The van der Waals surface area contributed by atoms with Gasteiger partial charge >= 0.3 is 0 Å². The van der Waals surface area contributed by atoms with Gasteiger partial charge in [0.2, 0.25) is 5.95 Å². The molecule has 8 nitrogen and oxygen atoms in total. The van der Waals surface area contributed by atoms with Crippen molar-refractivity contribution in [3.05, 3.63) is 47.8 Å². The largest absolute Gasteiger partial charge is 0.493 e. The van der Waals surface area contributed by atoms with Crippen LogP contribution in [0.25, 0.3) is 28.3 Å². The molecular weight excluding hydrogens is 445 g/mol. The summed E-state index contributed by atoms with van der Waals surface area (Å²) in [6.07, 6.45) is 5.27. The molecule has 184 valence electrons. The van der Waals surface area contributed by atoms with Crippen LogP contribution >= 0.6 is 0 Å². The zero-order valence-electron chi connectivity index (χ0n) is 20.9. The predicted molar refractivity (Wildman–Crippen MR) is 133 cm³/mol. The normalized spacial score (nSPS) is 15.5. The fourth-order valence-electron chi connectivity index (χ4n) is 5.12. The van der Waals surface area contributed by atoms with Crippen LogP contribution in [-0.4, -0.2) is 60.9 Å². The molecule has 35 heavy (non-hydrogen) atoms. The number of aromatic nitrogens is 6. The lowest BCUT2D eigenvalue weighted by Crippen LogP contribution is -2.38. The van der Waals surface area contributed by atoms with Crippen molar-refractivity contribution in [1.82, 2.24) is 34.7 Å². The van der Waals surface area contributed by atoms with Crippen LogP contribution in [0.5, 0.6) is 5.75 Å². The molecule has 1 N–H and O–H groups in total. The third-order valence-corrected chi connectivity index (χ3v) is 7.05. The second-order valence-electron chi connectivity index (χ2n) is 9.82. The van der Waals surface area contributed by atoms with Gasteiger partial charge in [-0.3, -0.25) is 5.10 Å². The van der Waals surface area contributed by atoms with Crippen LogP contribution in [0.15, 0.2) is 30.7 Å². The fourth-order valence-corrected chi connectivity index (χ4v) is 5.12. The van der Waals surface area contributed by atoms with Crippen LogP contribution in [-0.2, 0) is 0 Å². The molecule has 4 aromatic rings. The van der Waals surface area contributed by atoms with Crippen molar-refractivity contribution in [3.8, 4) is 28.4 Å². The number of methoxy groups -OCH3 is 1. The van der Waals surface area contributed by atoms with Gasteiger partial charge in [-0.05, 0) is 63.7 Å². The summed E-state index contributed by atoms with van der Waals surface area (Å²) in [5.41, 5.74) is 5.20. The molecule has 0 unspecified atom stereocenters. The molecule has 0 spiro atoms. The van der Waals surface area contributed by atoms with Crippen molar-refractivity contribution in [2.45, 2.75) is 58.4 Å². The molecule has 1 aliphatic rings. The lowest BCUT2D eigenvalue weighted by atomic mass is 9.89. The summed E-state index contributed by atoms with van der Waals surface area (Å²) in [4.78, 5) is 11.1. The molecule has 0 aromatic carbocycles. The monoisotopic (exact) mass is 477 g/mol. The van der Waals surface area contributed by atoms with Crippen LogP contribution in [0, 0.1) is 5.95 Å². The van der Waals surface area contributed by atoms with Crippen LogP contribution in [0.4, 0.5) is 4.39 Å². The number of ether oxygens (including phenoxy) is 1. The number of hydrogen-bond donors (Lipinski definition) is 1. The molecular formula is C26H32FN7O. The topological polar surface area (TPSA) is 84.2 Å². The molecule has 0 atom stereocenters. The summed E-state index contributed by atoms with van der Waals surface area (Å²) in [6.45, 7) is 10.6. The predicted octanol–water partition coefficient (Wildman–Crippen LogP) is 5.04. The highest BCUT2D eigenvalue weighted by Gasteiger charge is 2.26. The Kier molecular flexibility index (Phi) is 6.27. The minimum Gasteiger partial charge on any atom is -0.493 e. The van der Waals surface area contributed by atoms with Gasteiger partial charge in [-0.15, -0.1) is 0 Å². The second-order valence-corrected chi connectivity index (χ2v) is 9.82. The number of piperidine rings is 1. The molecule has 5 heterocycles. The van der Waals surface area contributed by atoms with Crippen LogP contribution in [0.1, 0.15) is 63.5 Å². The SMILES string of the molecule is COc1cc(-c2n[nH]c(-c3ccc(C4CCN(C(C)C)CC4)c(F)n3)c2C(C)C)cn2ncnc12. The highest BCUT2D eigenvalue weighted by molar-refractivity contribution is 5.75. The van der Waals surface area contributed by atoms with E-state index in [1.807, 2.05) is 24.4 Å². The number of halogens is 1. The van der Waals surface area contributed by atoms with E-state index in [-0.39, 0.29) is 17.8 Å². The van der Waals surface area contributed by atoms with Gasteiger partial charge in [-0.25, -0.2) is 14.5 Å². The minimum absolute atomic E-state index is 0.126. The smallest absolute Gasteiger partial charge is 0.216 e. The number of likely N-dealkylation sites (tertiary alicyclic amines) is 1. The Balaban J connectivity index is 1.49. The van der Waals surface area contributed by atoms with E-state index in [9.17, 15) is 0 Å². The lowest BCUT2D eigenvalue weighted by molar-refractivity contribution is 0.170. The van der Waals surface area contributed by atoms with E-state index < -0.39 is 0 Å². The average molecular weight is 478 g/mol. The number of rotatable bonds is 6. The third-order valence-electron chi connectivity index (χ3n) is 7.05. The van der Waals surface area contributed by atoms with Gasteiger partial charge in [0, 0.05) is 28.9 Å². The first-order valence-corrected chi connectivity index (χ1v) is 12.2. The quantitative estimate of drug-likeness (QED) is 0.392. The van der Waals surface area contributed by atoms with Gasteiger partial charge in [-0.2, -0.15) is 14.6 Å². The molecule has 1 fully saturated rings. The summed E-state index contributed by atoms with van der Waals surface area (Å²) >= 11 is 0. The van der Waals surface area contributed by atoms with E-state index in [4.69, 9.17) is 4.74 Å². The van der Waals surface area contributed by atoms with E-state index in [0.29, 0.717) is 28.7 Å². The lowest BCUT2D eigenvalue weighted by Gasteiger charge is -2.34. The standard InChI is InChI=1S/C26H32FN7O/c1-15(2)22-23(18-12-21(35-5)26-28-14-29-34(26)13-18)31-32-24(22)20-7-6-19(25(27)30-20)17-8-10-33(11-9-17)16(3)4/h6-7,12-17H,8-11H2,1-5H3,(H,31,32). The first kappa shape index (κ1) is 23.4. The van der Waals surface area contributed by atoms with E-state index in [0.717, 1.165) is 48.4 Å². The van der Waals surface area contributed by atoms with Crippen LogP contribution in [0.3, 0.4) is 0 Å². The van der Waals surface area contributed by atoms with Crippen molar-refractivity contribution in [2.24, 2.45) is 0 Å². The molecule has 9 heteroatoms. The highest BCUT2D eigenvalue weighted by Crippen LogP contribution is 2.37. The van der Waals surface area contributed by atoms with Crippen molar-refractivity contribution in [2.75, 3.05) is 20.2 Å². The Morgan fingerprint density at radius 1 is 1.14 bits per heavy atom. The molecule has 0 saturated carbocycles. The van der Waals surface area contributed by atoms with Gasteiger partial charge in [0.15, 0.2) is 11.4 Å². The van der Waals surface area contributed by atoms with E-state index >= 15 is 4.39 Å². The number of nitrogens with zero attached hydrogens (tertiary/aromatic N) is 6. The molecule has 1 saturated heterocycles. The van der Waals surface area contributed by atoms with E-state index in [1.54, 1.807) is 11.6 Å². The summed E-state index contributed by atoms with van der Waals surface area (Å²) in [5, 5.41) is 12.0. The molecule has 5 rings (SSSR count). The maximum atomic E-state index is 15.3. The molecule has 0 radical (unpaired) electrons. The number of hydrogen-bond acceptors (Lipinski definition) is 6. The number of nitrogens with one attached hydrogen (secondary N) is 1. The van der Waals surface area contributed by atoms with E-state index in [1.165, 1.54) is 6.33 Å². The number of fused-ring (bicyclic) bond motifs is 1. The summed E-state index contributed by atoms with van der Waals surface area (Å²) in [7, 11) is 1.61. The van der Waals surface area contributed by atoms with Gasteiger partial charge in [0.1, 0.15) is 6.33 Å². The molecule has 0 aliphatic carbocycles. The first-order chi connectivity index (χ1) is 16.9. The molecule has 1 aliphatic heterocycles. The van der Waals surface area contributed by atoms with Crippen molar-refractivity contribution >= 4 is 5.65 Å². The maximum Gasteiger partial charge on any atom is 0.216 e. The number of aromatic amines is 1. The first-order valence-electron chi connectivity index (χ1n) is 12.2. The Morgan fingerprint density at radius 3 is 2.57 bits per heavy atom. The van der Waals surface area contributed by atoms with Gasteiger partial charge < -0.3 is 9.64 Å². The minimum atomic E-state index is -0.387.